The van der Waals surface area contributed by atoms with Crippen LogP contribution in [0.2, 0.25) is 0 Å². The summed E-state index contributed by atoms with van der Waals surface area (Å²) in [4.78, 5) is 20.7. The fraction of sp³-hybridized carbons (Fsp3) is 0.286. The lowest BCUT2D eigenvalue weighted by Crippen LogP contribution is -2.22. The van der Waals surface area contributed by atoms with E-state index in [4.69, 9.17) is 13.8 Å². The molecular weight excluding hydrogens is 605 g/mol. The molecule has 2 aromatic heterocycles. The van der Waals surface area contributed by atoms with Crippen molar-refractivity contribution in [2.45, 2.75) is 25.3 Å². The Bertz CT molecular complexity index is 1670. The highest BCUT2D eigenvalue weighted by molar-refractivity contribution is 7.46. The average Bonchev–Trinajstić information content (AvgIpc) is 3.46. The Kier molecular flexibility index (Phi) is 9.28. The molecule has 1 unspecified atom stereocenters. The Morgan fingerprint density at radius 2 is 1.93 bits per heavy atom. The topological polar surface area (TPSA) is 124 Å². The Labute approximate surface area is 250 Å². The highest BCUT2D eigenvalue weighted by atomic mass is 31.2. The van der Waals surface area contributed by atoms with Crippen molar-refractivity contribution in [3.05, 3.63) is 71.4 Å². The predicted octanol–water partition coefficient (Wildman–Crippen LogP) is 6.23. The molecule has 0 fully saturated rings. The fourth-order valence-electron chi connectivity index (χ4n) is 4.51. The van der Waals surface area contributed by atoms with Crippen LogP contribution in [0.15, 0.2) is 48.9 Å². The summed E-state index contributed by atoms with van der Waals surface area (Å²) >= 11 is 0. The first-order valence-corrected chi connectivity index (χ1v) is 14.6. The Morgan fingerprint density at radius 3 is 2.66 bits per heavy atom. The maximum atomic E-state index is 15.9. The van der Waals surface area contributed by atoms with Gasteiger partial charge in [0.2, 0.25) is 5.95 Å². The molecule has 16 heteroatoms. The molecule has 0 radical (unpaired) electrons. The molecular formula is C28H28F4N7O4P. The Balaban J connectivity index is 1.64. The van der Waals surface area contributed by atoms with Gasteiger partial charge in [0.05, 0.1) is 36.9 Å². The lowest BCUT2D eigenvalue weighted by Gasteiger charge is -2.19. The number of carbonyl (C=O) groups excluding carboxylic acids is 1. The minimum Gasteiger partial charge on any atom is -0.495 e. The molecule has 1 atom stereocenters. The van der Waals surface area contributed by atoms with Crippen molar-refractivity contribution >= 4 is 37.4 Å². The van der Waals surface area contributed by atoms with E-state index < -0.39 is 43.2 Å². The first-order chi connectivity index (χ1) is 21.1. The monoisotopic (exact) mass is 633 g/mol. The molecule has 0 aliphatic carbocycles. The third kappa shape index (κ3) is 6.74. The number of hydrogen-bond acceptors (Lipinski definition) is 9. The number of fused-ring (bicyclic) bond motifs is 2. The normalized spacial score (nSPS) is 15.5. The highest BCUT2D eigenvalue weighted by Gasteiger charge is 2.36. The van der Waals surface area contributed by atoms with E-state index in [0.717, 1.165) is 5.56 Å². The third-order valence-electron chi connectivity index (χ3n) is 6.68. The smallest absolute Gasteiger partial charge is 0.421 e. The van der Waals surface area contributed by atoms with Crippen molar-refractivity contribution in [3.8, 4) is 16.9 Å². The van der Waals surface area contributed by atoms with Gasteiger partial charge < -0.3 is 29.7 Å². The summed E-state index contributed by atoms with van der Waals surface area (Å²) in [5.41, 5.74) is -0.307. The van der Waals surface area contributed by atoms with Crippen LogP contribution in [-0.2, 0) is 27.9 Å². The SMILES string of the molecule is CNC(=O)c1c2ccc(c1F)-c1cnn(c1)CCCOP(OC)Cc1ccc(c(OC)c1)Nc1ncc(C(F)(F)F)c(n1)N2. The van der Waals surface area contributed by atoms with Crippen molar-refractivity contribution < 1.29 is 36.1 Å². The van der Waals surface area contributed by atoms with Crippen molar-refractivity contribution in [1.29, 1.82) is 0 Å². The number of halogens is 4. The number of methoxy groups -OCH3 is 1. The van der Waals surface area contributed by atoms with Crippen LogP contribution in [0.1, 0.15) is 27.9 Å². The predicted molar refractivity (Wildman–Crippen MR) is 156 cm³/mol. The molecule has 0 saturated heterocycles. The minimum atomic E-state index is -4.87. The van der Waals surface area contributed by atoms with Crippen molar-refractivity contribution in [3.63, 3.8) is 0 Å². The first kappa shape index (κ1) is 31.1. The van der Waals surface area contributed by atoms with Gasteiger partial charge in [0.25, 0.3) is 5.91 Å². The van der Waals surface area contributed by atoms with Gasteiger partial charge in [0.15, 0.2) is 8.38 Å². The van der Waals surface area contributed by atoms with E-state index in [2.05, 4.69) is 31.0 Å². The van der Waals surface area contributed by atoms with Gasteiger partial charge in [-0.1, -0.05) is 6.07 Å². The molecule has 8 bridgehead atoms. The van der Waals surface area contributed by atoms with E-state index in [0.29, 0.717) is 48.9 Å². The molecule has 3 aliphatic heterocycles. The molecule has 3 aliphatic rings. The van der Waals surface area contributed by atoms with Gasteiger partial charge in [-0.25, -0.2) is 9.37 Å². The van der Waals surface area contributed by atoms with E-state index >= 15 is 4.39 Å². The van der Waals surface area contributed by atoms with E-state index in [-0.39, 0.29) is 17.2 Å². The number of aromatic nitrogens is 4. The first-order valence-electron chi connectivity index (χ1n) is 13.3. The molecule has 1 amide bonds. The number of carbonyl (C=O) groups is 1. The van der Waals surface area contributed by atoms with Crippen molar-refractivity contribution in [2.75, 3.05) is 38.5 Å². The minimum absolute atomic E-state index is 0.0397. The number of benzene rings is 2. The van der Waals surface area contributed by atoms with Crippen LogP contribution in [0, 0.1) is 5.82 Å². The molecule has 44 heavy (non-hydrogen) atoms. The summed E-state index contributed by atoms with van der Waals surface area (Å²) < 4.78 is 76.6. The molecule has 5 heterocycles. The summed E-state index contributed by atoms with van der Waals surface area (Å²) in [5, 5.41) is 12.0. The van der Waals surface area contributed by atoms with E-state index in [1.54, 1.807) is 36.2 Å². The number of rotatable bonds is 3. The Hall–Kier alpha value is -4.33. The summed E-state index contributed by atoms with van der Waals surface area (Å²) in [6, 6.07) is 7.88. The van der Waals surface area contributed by atoms with E-state index in [9.17, 15) is 18.0 Å². The van der Waals surface area contributed by atoms with Crippen LogP contribution in [0.5, 0.6) is 5.75 Å². The summed E-state index contributed by atoms with van der Waals surface area (Å²) in [6.07, 6.45) is -0.168. The quantitative estimate of drug-likeness (QED) is 0.178. The number of nitrogens with one attached hydrogen (secondary N) is 3. The number of hydrogen-bond donors (Lipinski definition) is 3. The van der Waals surface area contributed by atoms with Gasteiger partial charge >= 0.3 is 6.18 Å². The second-order valence-corrected chi connectivity index (χ2v) is 11.1. The van der Waals surface area contributed by atoms with Crippen LogP contribution in [0.25, 0.3) is 11.1 Å². The zero-order valence-corrected chi connectivity index (χ0v) is 24.7. The van der Waals surface area contributed by atoms with Crippen LogP contribution in [0.4, 0.5) is 40.7 Å². The zero-order valence-electron chi connectivity index (χ0n) is 23.8. The van der Waals surface area contributed by atoms with Gasteiger partial charge in [0, 0.05) is 50.4 Å². The number of aryl methyl sites for hydroxylation is 1. The molecule has 3 N–H and O–H groups in total. The highest BCUT2D eigenvalue weighted by Crippen LogP contribution is 2.43. The molecule has 232 valence electrons. The van der Waals surface area contributed by atoms with E-state index in [1.807, 2.05) is 0 Å². The largest absolute Gasteiger partial charge is 0.495 e. The zero-order chi connectivity index (χ0) is 31.4. The van der Waals surface area contributed by atoms with Gasteiger partial charge in [0.1, 0.15) is 22.9 Å². The van der Waals surface area contributed by atoms with Crippen molar-refractivity contribution in [1.82, 2.24) is 25.1 Å². The summed E-state index contributed by atoms with van der Waals surface area (Å²) in [7, 11) is 3.01. The van der Waals surface area contributed by atoms with Crippen LogP contribution >= 0.6 is 8.38 Å². The molecule has 0 saturated carbocycles. The number of amides is 1. The van der Waals surface area contributed by atoms with Crippen LogP contribution < -0.4 is 20.7 Å². The van der Waals surface area contributed by atoms with Crippen molar-refractivity contribution in [2.24, 2.45) is 0 Å². The summed E-state index contributed by atoms with van der Waals surface area (Å²) in [6.45, 7) is 0.843. The van der Waals surface area contributed by atoms with Crippen LogP contribution in [-0.4, -0.2) is 53.5 Å². The molecule has 0 spiro atoms. The number of anilines is 4. The molecule has 11 nitrogen and oxygen atoms in total. The standard InChI is InChI=1S/C28H28F4N7O4P/c1-33-26(40)23-21-8-6-18(24(23)29)17-12-35-39(14-17)9-4-10-43-44(42-3)15-16-5-7-20(22(11-16)41-2)37-27-34-13-19(28(30,31)32)25(36-21)38-27/h5-8,11-14H,4,9-10,15H2,1-3H3,(H,33,40)(H2,34,36,37,38). The van der Waals surface area contributed by atoms with Gasteiger partial charge in [-0.15, -0.1) is 0 Å². The molecule has 2 aromatic carbocycles. The maximum absolute atomic E-state index is 15.9. The summed E-state index contributed by atoms with van der Waals surface area (Å²) in [5.74, 6) is -2.33. The lowest BCUT2D eigenvalue weighted by molar-refractivity contribution is -0.137. The van der Waals surface area contributed by atoms with Gasteiger partial charge in [-0.3, -0.25) is 9.48 Å². The molecule has 7 rings (SSSR count). The fourth-order valence-corrected chi connectivity index (χ4v) is 5.66. The second-order valence-electron chi connectivity index (χ2n) is 9.52. The maximum Gasteiger partial charge on any atom is 0.421 e. The van der Waals surface area contributed by atoms with Gasteiger partial charge in [-0.05, 0) is 36.2 Å². The average molecular weight is 634 g/mol. The Morgan fingerprint density at radius 1 is 1.14 bits per heavy atom. The van der Waals surface area contributed by atoms with Crippen LogP contribution in [0.3, 0.4) is 0 Å². The number of ether oxygens (including phenoxy) is 1. The van der Waals surface area contributed by atoms with E-state index in [1.165, 1.54) is 32.5 Å². The number of nitrogens with zero attached hydrogens (tertiary/aromatic N) is 4. The third-order valence-corrected chi connectivity index (χ3v) is 8.18. The van der Waals surface area contributed by atoms with Gasteiger partial charge in [-0.2, -0.15) is 23.3 Å². The number of alkyl halides is 3. The molecule has 4 aromatic rings. The lowest BCUT2D eigenvalue weighted by atomic mass is 10.0. The second kappa shape index (κ2) is 13.1.